The maximum absolute atomic E-state index is 6.30. The number of anilines is 1. The number of halogens is 1. The number of nitrogens with zero attached hydrogens (tertiary/aromatic N) is 1. The summed E-state index contributed by atoms with van der Waals surface area (Å²) >= 11 is 8.34. The van der Waals surface area contributed by atoms with Crippen LogP contribution in [0.2, 0.25) is 5.02 Å². The van der Waals surface area contributed by atoms with Crippen molar-refractivity contribution in [1.82, 2.24) is 5.32 Å². The van der Waals surface area contributed by atoms with Gasteiger partial charge in [-0.25, -0.2) is 0 Å². The van der Waals surface area contributed by atoms with Crippen molar-refractivity contribution in [3.8, 4) is 0 Å². The molecule has 94 valence electrons. The zero-order valence-electron chi connectivity index (χ0n) is 10.2. The summed E-state index contributed by atoms with van der Waals surface area (Å²) in [6.45, 7) is 3.10. The Hall–Kier alpha value is -0.380. The van der Waals surface area contributed by atoms with Gasteiger partial charge in [0.05, 0.1) is 0 Å². The monoisotopic (exact) mass is 270 g/mol. The van der Waals surface area contributed by atoms with Crippen molar-refractivity contribution < 1.29 is 0 Å². The molecule has 0 radical (unpaired) electrons. The molecule has 0 atom stereocenters. The Morgan fingerprint density at radius 2 is 2.24 bits per heavy atom. The summed E-state index contributed by atoms with van der Waals surface area (Å²) in [5, 5.41) is 4.07. The van der Waals surface area contributed by atoms with Gasteiger partial charge in [0, 0.05) is 41.7 Å². The van der Waals surface area contributed by atoms with Gasteiger partial charge in [0.15, 0.2) is 0 Å². The van der Waals surface area contributed by atoms with Crippen LogP contribution in [-0.2, 0) is 6.54 Å². The van der Waals surface area contributed by atoms with Crippen LogP contribution in [0.15, 0.2) is 18.2 Å². The van der Waals surface area contributed by atoms with E-state index in [1.165, 1.54) is 29.2 Å². The van der Waals surface area contributed by atoms with E-state index < -0.39 is 0 Å². The van der Waals surface area contributed by atoms with Gasteiger partial charge < -0.3 is 10.2 Å². The summed E-state index contributed by atoms with van der Waals surface area (Å²) in [7, 11) is 1.96. The minimum absolute atomic E-state index is 0.832. The minimum atomic E-state index is 0.832. The van der Waals surface area contributed by atoms with Gasteiger partial charge in [-0.15, -0.1) is 0 Å². The third kappa shape index (κ3) is 3.30. The fraction of sp³-hybridized carbons (Fsp3) is 0.538. The van der Waals surface area contributed by atoms with Crippen molar-refractivity contribution in [3.05, 3.63) is 28.8 Å². The van der Waals surface area contributed by atoms with Crippen LogP contribution in [0.25, 0.3) is 0 Å². The first kappa shape index (κ1) is 13.1. The molecular weight excluding hydrogens is 252 g/mol. The topological polar surface area (TPSA) is 15.3 Å². The second-order valence-electron chi connectivity index (χ2n) is 4.22. The average molecular weight is 271 g/mol. The van der Waals surface area contributed by atoms with E-state index in [4.69, 9.17) is 11.6 Å². The molecule has 2 nitrogen and oxygen atoms in total. The summed E-state index contributed by atoms with van der Waals surface area (Å²) in [6.07, 6.45) is 1.26. The molecule has 0 saturated carbocycles. The highest BCUT2D eigenvalue weighted by molar-refractivity contribution is 7.99. The summed E-state index contributed by atoms with van der Waals surface area (Å²) in [4.78, 5) is 2.47. The summed E-state index contributed by atoms with van der Waals surface area (Å²) in [5.41, 5.74) is 2.53. The molecule has 1 aromatic rings. The molecule has 17 heavy (non-hydrogen) atoms. The van der Waals surface area contributed by atoms with Crippen molar-refractivity contribution in [2.75, 3.05) is 36.5 Å². The first-order chi connectivity index (χ1) is 8.33. The number of hydrogen-bond donors (Lipinski definition) is 1. The molecule has 0 amide bonds. The lowest BCUT2D eigenvalue weighted by Crippen LogP contribution is -2.27. The molecule has 0 spiro atoms. The van der Waals surface area contributed by atoms with Crippen LogP contribution in [0.3, 0.4) is 0 Å². The lowest BCUT2D eigenvalue weighted by Gasteiger charge is -2.25. The molecule has 0 aromatic heterocycles. The molecule has 1 aliphatic heterocycles. The van der Waals surface area contributed by atoms with Gasteiger partial charge >= 0.3 is 0 Å². The van der Waals surface area contributed by atoms with Crippen LogP contribution in [0.5, 0.6) is 0 Å². The first-order valence-corrected chi connectivity index (χ1v) is 7.61. The third-order valence-corrected chi connectivity index (χ3v) is 4.41. The molecule has 0 unspecified atom stereocenters. The number of benzene rings is 1. The Morgan fingerprint density at radius 1 is 1.35 bits per heavy atom. The fourth-order valence-corrected chi connectivity index (χ4v) is 3.31. The Morgan fingerprint density at radius 3 is 3.06 bits per heavy atom. The van der Waals surface area contributed by atoms with E-state index in [1.54, 1.807) is 0 Å². The zero-order chi connectivity index (χ0) is 12.1. The molecule has 1 fully saturated rings. The van der Waals surface area contributed by atoms with Crippen LogP contribution in [0.4, 0.5) is 5.69 Å². The first-order valence-electron chi connectivity index (χ1n) is 6.07. The van der Waals surface area contributed by atoms with Crippen LogP contribution in [0, 0.1) is 0 Å². The van der Waals surface area contributed by atoms with Gasteiger partial charge in [-0.2, -0.15) is 11.8 Å². The molecule has 4 heteroatoms. The molecule has 2 rings (SSSR count). The van der Waals surface area contributed by atoms with Crippen LogP contribution < -0.4 is 10.2 Å². The maximum Gasteiger partial charge on any atom is 0.0471 e. The highest BCUT2D eigenvalue weighted by atomic mass is 35.5. The van der Waals surface area contributed by atoms with Gasteiger partial charge in [-0.05, 0) is 31.4 Å². The van der Waals surface area contributed by atoms with E-state index in [1.807, 2.05) is 24.9 Å². The van der Waals surface area contributed by atoms with E-state index in [0.717, 1.165) is 24.7 Å². The number of thioether (sulfide) groups is 1. The molecule has 1 heterocycles. The zero-order valence-corrected chi connectivity index (χ0v) is 11.8. The molecule has 1 saturated heterocycles. The van der Waals surface area contributed by atoms with E-state index in [9.17, 15) is 0 Å². The van der Waals surface area contributed by atoms with Crippen molar-refractivity contribution in [1.29, 1.82) is 0 Å². The highest BCUT2D eigenvalue weighted by Crippen LogP contribution is 2.29. The SMILES string of the molecule is CNCc1c(Cl)cccc1N1CCCSCC1. The molecule has 1 aromatic carbocycles. The Bertz CT molecular complexity index is 362. The number of rotatable bonds is 3. The molecule has 0 bridgehead atoms. The van der Waals surface area contributed by atoms with Gasteiger partial charge in [0.2, 0.25) is 0 Å². The largest absolute Gasteiger partial charge is 0.370 e. The fourth-order valence-electron chi connectivity index (χ4n) is 2.18. The smallest absolute Gasteiger partial charge is 0.0471 e. The third-order valence-electron chi connectivity index (χ3n) is 3.01. The van der Waals surface area contributed by atoms with Gasteiger partial charge in [-0.3, -0.25) is 0 Å². The summed E-state index contributed by atoms with van der Waals surface area (Å²) in [5.74, 6) is 2.49. The standard InChI is InChI=1S/C13H19ClN2S/c1-15-10-11-12(14)4-2-5-13(11)16-6-3-8-17-9-7-16/h2,4-5,15H,3,6-10H2,1H3. The average Bonchev–Trinajstić information content (AvgIpc) is 2.60. The predicted molar refractivity (Wildman–Crippen MR) is 78.4 cm³/mol. The predicted octanol–water partition coefficient (Wildman–Crippen LogP) is 3.00. The van der Waals surface area contributed by atoms with Gasteiger partial charge in [0.25, 0.3) is 0 Å². The second-order valence-corrected chi connectivity index (χ2v) is 5.85. The molecular formula is C13H19ClN2S. The highest BCUT2D eigenvalue weighted by Gasteiger charge is 2.14. The van der Waals surface area contributed by atoms with Crippen molar-refractivity contribution >= 4 is 29.1 Å². The second kappa shape index (κ2) is 6.53. The minimum Gasteiger partial charge on any atom is -0.370 e. The lowest BCUT2D eigenvalue weighted by molar-refractivity contribution is 0.780. The van der Waals surface area contributed by atoms with Gasteiger partial charge in [-0.1, -0.05) is 17.7 Å². The Balaban J connectivity index is 2.25. The Labute approximate surface area is 113 Å². The van der Waals surface area contributed by atoms with Crippen molar-refractivity contribution in [2.24, 2.45) is 0 Å². The molecule has 1 N–H and O–H groups in total. The summed E-state index contributed by atoms with van der Waals surface area (Å²) < 4.78 is 0. The quantitative estimate of drug-likeness (QED) is 0.909. The van der Waals surface area contributed by atoms with E-state index in [0.29, 0.717) is 0 Å². The lowest BCUT2D eigenvalue weighted by atomic mass is 10.1. The van der Waals surface area contributed by atoms with Crippen LogP contribution in [-0.4, -0.2) is 31.6 Å². The van der Waals surface area contributed by atoms with Crippen molar-refractivity contribution in [2.45, 2.75) is 13.0 Å². The molecule has 0 aliphatic carbocycles. The van der Waals surface area contributed by atoms with Crippen molar-refractivity contribution in [3.63, 3.8) is 0 Å². The van der Waals surface area contributed by atoms with Gasteiger partial charge in [0.1, 0.15) is 0 Å². The summed E-state index contributed by atoms with van der Waals surface area (Å²) in [6, 6.07) is 6.22. The van der Waals surface area contributed by atoms with E-state index in [-0.39, 0.29) is 0 Å². The molecule has 1 aliphatic rings. The normalized spacial score (nSPS) is 16.9. The van der Waals surface area contributed by atoms with E-state index >= 15 is 0 Å². The maximum atomic E-state index is 6.30. The number of nitrogens with one attached hydrogen (secondary N) is 1. The number of hydrogen-bond acceptors (Lipinski definition) is 3. The van der Waals surface area contributed by atoms with Crippen LogP contribution in [0.1, 0.15) is 12.0 Å². The Kier molecular flexibility index (Phi) is 5.01. The van der Waals surface area contributed by atoms with E-state index in [2.05, 4.69) is 22.3 Å². The van der Waals surface area contributed by atoms with Crippen LogP contribution >= 0.6 is 23.4 Å².